The molecule has 9 rings (SSSR count). The van der Waals surface area contributed by atoms with Gasteiger partial charge in [0.15, 0.2) is 0 Å². The Bertz CT molecular complexity index is 3000. The van der Waals surface area contributed by atoms with Crippen molar-refractivity contribution >= 4 is 21.8 Å². The van der Waals surface area contributed by atoms with Crippen LogP contribution in [0.15, 0.2) is 146 Å². The van der Waals surface area contributed by atoms with Crippen LogP contribution in [-0.2, 0) is 31.9 Å². The van der Waals surface area contributed by atoms with Crippen molar-refractivity contribution in [2.45, 2.75) is 66.2 Å². The monoisotopic (exact) mass is 963 g/mol. The van der Waals surface area contributed by atoms with Gasteiger partial charge in [-0.1, -0.05) is 126 Å². The molecule has 0 atom stereocenters. The Morgan fingerprint density at radius 1 is 0.617 bits per heavy atom. The number of nitrogens with zero attached hydrogens (tertiary/aromatic N) is 4. The second kappa shape index (κ2) is 15.9. The fourth-order valence-electron chi connectivity index (χ4n) is 8.10. The van der Waals surface area contributed by atoms with Crippen molar-refractivity contribution in [1.29, 1.82) is 0 Å². The Morgan fingerprint density at radius 2 is 1.33 bits per heavy atom. The van der Waals surface area contributed by atoms with Gasteiger partial charge in [-0.25, -0.2) is 4.98 Å². The van der Waals surface area contributed by atoms with Crippen LogP contribution in [0.5, 0.6) is 11.5 Å². The summed E-state index contributed by atoms with van der Waals surface area (Å²) in [6, 6.07) is 54.1. The molecular weight excluding hydrogens is 916 g/mol. The van der Waals surface area contributed by atoms with Crippen LogP contribution in [0.3, 0.4) is 0 Å². The number of hydrogen-bond donors (Lipinski definition) is 0. The SMILES string of the molecule is Cc1cccc(C)c1-c1cc(Oc2[c-]c3c(cc2)c2ccccc2n3-c2cc(C(C)(C)C)ccn2)[c-]c(-n2[c-][n+](-c3cccc(-c4ccccc4)c3)c(C(C)(C)C)c2)c1.[Pt]. The molecule has 0 aliphatic carbocycles. The molecule has 0 aliphatic rings. The largest absolute Gasteiger partial charge is 0.510 e. The maximum Gasteiger partial charge on any atom is 0.267 e. The molecule has 0 spiro atoms. The molecule has 5 nitrogen and oxygen atoms in total. The molecule has 6 heteroatoms. The molecule has 60 heavy (non-hydrogen) atoms. The molecule has 0 bridgehead atoms. The number of imidazole rings is 1. The van der Waals surface area contributed by atoms with E-state index in [1.54, 1.807) is 0 Å². The summed E-state index contributed by atoms with van der Waals surface area (Å²) in [5.41, 5.74) is 12.9. The minimum atomic E-state index is -0.182. The van der Waals surface area contributed by atoms with Gasteiger partial charge < -0.3 is 13.9 Å². The number of hydrogen-bond acceptors (Lipinski definition) is 2. The minimum absolute atomic E-state index is 0. The van der Waals surface area contributed by atoms with Crippen LogP contribution < -0.4 is 9.30 Å². The normalized spacial score (nSPS) is 11.9. The minimum Gasteiger partial charge on any atom is -0.510 e. The fraction of sp³-hybridized carbons (Fsp3) is 0.185. The van der Waals surface area contributed by atoms with Crippen LogP contribution in [0.2, 0.25) is 0 Å². The van der Waals surface area contributed by atoms with Crippen molar-refractivity contribution in [3.05, 3.63) is 187 Å². The standard InChI is InChI=1S/C54H48N4O.Pt/c1-36-16-14-17-37(2)52(36)40-29-43(56-34-50(54(6,7)8)57(35-56)42-21-15-20-39(28-42)38-18-10-9-11-19-38)32-45(30-40)59-44-24-25-47-46-22-12-13-23-48(46)58(49(47)33-44)51-31-41(26-27-55-51)53(3,4)5;/h9-31,34H,1-8H3;/q-2;. The number of pyridine rings is 1. The Balaban J connectivity index is 0.00000499. The first kappa shape index (κ1) is 40.7. The van der Waals surface area contributed by atoms with E-state index in [1.165, 1.54) is 27.8 Å². The van der Waals surface area contributed by atoms with E-state index in [2.05, 4.69) is 221 Å². The van der Waals surface area contributed by atoms with Gasteiger partial charge in [-0.15, -0.1) is 35.2 Å². The second-order valence-electron chi connectivity index (χ2n) is 17.6. The van der Waals surface area contributed by atoms with Gasteiger partial charge in [-0.05, 0) is 99.5 Å². The van der Waals surface area contributed by atoms with Crippen LogP contribution in [0.4, 0.5) is 0 Å². The smallest absolute Gasteiger partial charge is 0.267 e. The summed E-state index contributed by atoms with van der Waals surface area (Å²) < 4.78 is 13.3. The van der Waals surface area contributed by atoms with Gasteiger partial charge in [0.2, 0.25) is 0 Å². The number of aryl methyl sites for hydroxylation is 2. The zero-order chi connectivity index (χ0) is 41.1. The van der Waals surface area contributed by atoms with Crippen molar-refractivity contribution in [3.8, 4) is 50.9 Å². The fourth-order valence-corrected chi connectivity index (χ4v) is 8.10. The van der Waals surface area contributed by atoms with Crippen LogP contribution in [0.25, 0.3) is 61.3 Å². The van der Waals surface area contributed by atoms with Crippen LogP contribution >= 0.6 is 0 Å². The van der Waals surface area contributed by atoms with E-state index in [-0.39, 0.29) is 31.9 Å². The summed E-state index contributed by atoms with van der Waals surface area (Å²) in [6.45, 7) is 17.7. The summed E-state index contributed by atoms with van der Waals surface area (Å²) in [5.74, 6) is 2.03. The van der Waals surface area contributed by atoms with E-state index in [0.29, 0.717) is 11.5 Å². The van der Waals surface area contributed by atoms with Gasteiger partial charge in [-0.2, -0.15) is 12.1 Å². The van der Waals surface area contributed by atoms with Gasteiger partial charge in [0.25, 0.3) is 6.33 Å². The van der Waals surface area contributed by atoms with E-state index in [4.69, 9.17) is 9.72 Å². The molecule has 0 saturated carbocycles. The summed E-state index contributed by atoms with van der Waals surface area (Å²) >= 11 is 0. The first-order valence-corrected chi connectivity index (χ1v) is 20.3. The number of fused-ring (bicyclic) bond motifs is 3. The molecule has 6 aromatic carbocycles. The van der Waals surface area contributed by atoms with Crippen LogP contribution in [-0.4, -0.2) is 14.1 Å². The second-order valence-corrected chi connectivity index (χ2v) is 17.6. The van der Waals surface area contributed by atoms with Gasteiger partial charge in [0.1, 0.15) is 5.82 Å². The predicted molar refractivity (Wildman–Crippen MR) is 240 cm³/mol. The Labute approximate surface area is 368 Å². The first-order chi connectivity index (χ1) is 28.3. The van der Waals surface area contributed by atoms with E-state index in [9.17, 15) is 0 Å². The molecule has 0 fully saturated rings. The molecule has 0 saturated heterocycles. The molecule has 0 unspecified atom stereocenters. The first-order valence-electron chi connectivity index (χ1n) is 20.3. The number of rotatable bonds is 7. The van der Waals surface area contributed by atoms with Crippen molar-refractivity contribution in [3.63, 3.8) is 0 Å². The van der Waals surface area contributed by atoms with E-state index < -0.39 is 0 Å². The van der Waals surface area contributed by atoms with Gasteiger partial charge >= 0.3 is 0 Å². The summed E-state index contributed by atoms with van der Waals surface area (Å²) in [4.78, 5) is 4.87. The van der Waals surface area contributed by atoms with Gasteiger partial charge in [-0.3, -0.25) is 4.57 Å². The Hall–Kier alpha value is -6.03. The topological polar surface area (TPSA) is 35.9 Å². The zero-order valence-electron chi connectivity index (χ0n) is 35.4. The van der Waals surface area contributed by atoms with Crippen molar-refractivity contribution in [1.82, 2.24) is 14.1 Å². The number of benzene rings is 6. The third kappa shape index (κ3) is 7.75. The van der Waals surface area contributed by atoms with E-state index in [1.807, 2.05) is 12.3 Å². The average molecular weight is 964 g/mol. The van der Waals surface area contributed by atoms with E-state index >= 15 is 0 Å². The molecule has 3 heterocycles. The molecule has 3 aromatic heterocycles. The summed E-state index contributed by atoms with van der Waals surface area (Å²) in [5, 5.41) is 2.22. The zero-order valence-corrected chi connectivity index (χ0v) is 37.6. The molecule has 302 valence electrons. The van der Waals surface area contributed by atoms with Gasteiger partial charge in [0.05, 0.1) is 11.4 Å². The van der Waals surface area contributed by atoms with Crippen LogP contribution in [0, 0.1) is 32.3 Å². The molecule has 0 N–H and O–H groups in total. The molecule has 0 amide bonds. The Morgan fingerprint density at radius 3 is 2.08 bits per heavy atom. The quantitative estimate of drug-likeness (QED) is 0.118. The van der Waals surface area contributed by atoms with Crippen molar-refractivity contribution in [2.75, 3.05) is 0 Å². The number of para-hydroxylation sites is 1. The summed E-state index contributed by atoms with van der Waals surface area (Å²) in [7, 11) is 0. The molecular formula is C54H48N4OPt-2. The molecule has 0 radical (unpaired) electrons. The average Bonchev–Trinajstić information content (AvgIpc) is 3.82. The van der Waals surface area contributed by atoms with Crippen LogP contribution in [0.1, 0.15) is 63.9 Å². The third-order valence-electron chi connectivity index (χ3n) is 11.2. The number of aromatic nitrogens is 4. The summed E-state index contributed by atoms with van der Waals surface area (Å²) in [6.07, 6.45) is 7.78. The third-order valence-corrected chi connectivity index (χ3v) is 11.2. The predicted octanol–water partition coefficient (Wildman–Crippen LogP) is 13.0. The maximum atomic E-state index is 6.83. The van der Waals surface area contributed by atoms with E-state index in [0.717, 1.165) is 55.8 Å². The Kier molecular flexibility index (Phi) is 10.8. The van der Waals surface area contributed by atoms with Crippen molar-refractivity contribution < 1.29 is 30.4 Å². The van der Waals surface area contributed by atoms with Crippen molar-refractivity contribution in [2.24, 2.45) is 0 Å². The molecule has 9 aromatic rings. The maximum absolute atomic E-state index is 6.83. The number of ether oxygens (including phenoxy) is 1. The van der Waals surface area contributed by atoms with Gasteiger partial charge in [0, 0.05) is 50.5 Å². The molecule has 0 aliphatic heterocycles.